The fraction of sp³-hybridized carbons (Fsp3) is 0.435. The maximum absolute atomic E-state index is 13.5. The van der Waals surface area contributed by atoms with Crippen molar-refractivity contribution in [2.24, 2.45) is 0 Å². The molecule has 3 aliphatic rings. The predicted molar refractivity (Wildman–Crippen MR) is 105 cm³/mol. The molecule has 3 heteroatoms. The molecule has 2 bridgehead atoms. The fourth-order valence-electron chi connectivity index (χ4n) is 5.36. The quantitative estimate of drug-likeness (QED) is 0.715. The lowest BCUT2D eigenvalue weighted by Crippen LogP contribution is -2.53. The Kier molecular flexibility index (Phi) is 3.96. The third-order valence-corrected chi connectivity index (χ3v) is 6.57. The molecule has 26 heavy (non-hydrogen) atoms. The molecule has 2 atom stereocenters. The molecule has 2 aromatic rings. The van der Waals surface area contributed by atoms with Gasteiger partial charge in [-0.25, -0.2) is 4.79 Å². The standard InChI is InChI=1S/C23H26N2O/c26-23(24-14-6-10-18-9-4-5-11-22(18)24)25-20-12-13-21(25)16-19(15-20)17-7-2-1-3-8-17/h1-5,7-9,11,19-21H,6,10,12-16H2. The van der Waals surface area contributed by atoms with Crippen LogP contribution in [0.15, 0.2) is 54.6 Å². The van der Waals surface area contributed by atoms with Crippen molar-refractivity contribution in [3.8, 4) is 0 Å². The highest BCUT2D eigenvalue weighted by molar-refractivity contribution is 5.94. The Labute approximate surface area is 155 Å². The van der Waals surface area contributed by atoms with Gasteiger partial charge in [-0.05, 0) is 61.6 Å². The Bertz CT molecular complexity index is 789. The summed E-state index contributed by atoms with van der Waals surface area (Å²) in [4.78, 5) is 17.8. The Morgan fingerprint density at radius 2 is 1.58 bits per heavy atom. The minimum Gasteiger partial charge on any atom is -0.318 e. The molecular weight excluding hydrogens is 320 g/mol. The van der Waals surface area contributed by atoms with Crippen LogP contribution < -0.4 is 4.90 Å². The van der Waals surface area contributed by atoms with Crippen LogP contribution >= 0.6 is 0 Å². The number of anilines is 1. The zero-order valence-electron chi connectivity index (χ0n) is 15.2. The Hall–Kier alpha value is -2.29. The van der Waals surface area contributed by atoms with Gasteiger partial charge in [0.2, 0.25) is 0 Å². The number of fused-ring (bicyclic) bond motifs is 3. The fourth-order valence-corrected chi connectivity index (χ4v) is 5.36. The van der Waals surface area contributed by atoms with Gasteiger partial charge in [-0.3, -0.25) is 4.90 Å². The molecule has 0 aromatic heterocycles. The number of benzene rings is 2. The van der Waals surface area contributed by atoms with E-state index in [9.17, 15) is 4.79 Å². The van der Waals surface area contributed by atoms with Crippen LogP contribution in [0.3, 0.4) is 0 Å². The normalized spacial score (nSPS) is 27.3. The average molecular weight is 346 g/mol. The van der Waals surface area contributed by atoms with E-state index in [0.29, 0.717) is 18.0 Å². The van der Waals surface area contributed by atoms with Crippen molar-refractivity contribution in [2.45, 2.75) is 56.5 Å². The van der Waals surface area contributed by atoms with Crippen LogP contribution in [0.1, 0.15) is 49.1 Å². The molecule has 0 radical (unpaired) electrons. The molecule has 0 N–H and O–H groups in total. The average Bonchev–Trinajstić information content (AvgIpc) is 2.97. The van der Waals surface area contributed by atoms with E-state index in [2.05, 4.69) is 59.5 Å². The van der Waals surface area contributed by atoms with E-state index in [-0.39, 0.29) is 6.03 Å². The number of carbonyl (C=O) groups excluding carboxylic acids is 1. The molecule has 2 aromatic carbocycles. The summed E-state index contributed by atoms with van der Waals surface area (Å²) >= 11 is 0. The Morgan fingerprint density at radius 3 is 2.35 bits per heavy atom. The Morgan fingerprint density at radius 1 is 0.885 bits per heavy atom. The molecule has 5 rings (SSSR count). The zero-order valence-corrected chi connectivity index (χ0v) is 15.2. The van der Waals surface area contributed by atoms with Crippen molar-refractivity contribution < 1.29 is 4.79 Å². The minimum absolute atomic E-state index is 0.246. The summed E-state index contributed by atoms with van der Waals surface area (Å²) < 4.78 is 0. The number of amides is 2. The lowest BCUT2D eigenvalue weighted by Gasteiger charge is -2.42. The van der Waals surface area contributed by atoms with Gasteiger partial charge < -0.3 is 4.90 Å². The van der Waals surface area contributed by atoms with Crippen LogP contribution in [0.25, 0.3) is 0 Å². The second-order valence-corrected chi connectivity index (χ2v) is 8.04. The first-order chi connectivity index (χ1) is 12.8. The number of hydrogen-bond donors (Lipinski definition) is 0. The number of aryl methyl sites for hydroxylation is 1. The lowest BCUT2D eigenvalue weighted by molar-refractivity contribution is 0.143. The number of rotatable bonds is 1. The number of piperidine rings is 1. The monoisotopic (exact) mass is 346 g/mol. The maximum atomic E-state index is 13.5. The maximum Gasteiger partial charge on any atom is 0.324 e. The molecule has 2 amide bonds. The van der Waals surface area contributed by atoms with Crippen molar-refractivity contribution in [1.29, 1.82) is 0 Å². The van der Waals surface area contributed by atoms with Gasteiger partial charge in [0, 0.05) is 24.3 Å². The summed E-state index contributed by atoms with van der Waals surface area (Å²) in [6.45, 7) is 0.855. The van der Waals surface area contributed by atoms with E-state index in [1.807, 2.05) is 4.90 Å². The largest absolute Gasteiger partial charge is 0.324 e. The smallest absolute Gasteiger partial charge is 0.318 e. The third kappa shape index (κ3) is 2.61. The van der Waals surface area contributed by atoms with Crippen LogP contribution in [0.2, 0.25) is 0 Å². The van der Waals surface area contributed by atoms with Crippen molar-refractivity contribution in [3.05, 3.63) is 65.7 Å². The van der Waals surface area contributed by atoms with Crippen LogP contribution in [0, 0.1) is 0 Å². The topological polar surface area (TPSA) is 23.6 Å². The van der Waals surface area contributed by atoms with Gasteiger partial charge in [0.1, 0.15) is 0 Å². The highest BCUT2D eigenvalue weighted by Crippen LogP contribution is 2.44. The van der Waals surface area contributed by atoms with Crippen molar-refractivity contribution in [3.63, 3.8) is 0 Å². The molecule has 3 heterocycles. The lowest BCUT2D eigenvalue weighted by atomic mass is 9.85. The molecule has 0 aliphatic carbocycles. The van der Waals surface area contributed by atoms with Crippen LogP contribution in [-0.4, -0.2) is 29.6 Å². The van der Waals surface area contributed by atoms with E-state index >= 15 is 0 Å². The first-order valence-electron chi connectivity index (χ1n) is 10.0. The van der Waals surface area contributed by atoms with Gasteiger partial charge in [0.15, 0.2) is 0 Å². The number of hydrogen-bond acceptors (Lipinski definition) is 1. The molecule has 0 spiro atoms. The van der Waals surface area contributed by atoms with Gasteiger partial charge >= 0.3 is 6.03 Å². The van der Waals surface area contributed by atoms with Gasteiger partial charge in [-0.1, -0.05) is 48.5 Å². The van der Waals surface area contributed by atoms with Gasteiger partial charge in [-0.2, -0.15) is 0 Å². The van der Waals surface area contributed by atoms with Crippen molar-refractivity contribution >= 4 is 11.7 Å². The Balaban J connectivity index is 1.38. The minimum atomic E-state index is 0.246. The number of carbonyl (C=O) groups is 1. The van der Waals surface area contributed by atoms with Crippen LogP contribution in [-0.2, 0) is 6.42 Å². The molecule has 2 fully saturated rings. The van der Waals surface area contributed by atoms with E-state index in [0.717, 1.165) is 50.8 Å². The first-order valence-corrected chi connectivity index (χ1v) is 10.0. The SMILES string of the molecule is O=C(N1CCCc2ccccc21)N1C2CCC1CC(c1ccccc1)C2. The number of para-hydroxylation sites is 1. The molecule has 3 nitrogen and oxygen atoms in total. The highest BCUT2D eigenvalue weighted by atomic mass is 16.2. The molecule has 2 saturated heterocycles. The number of nitrogens with zero attached hydrogens (tertiary/aromatic N) is 2. The van der Waals surface area contributed by atoms with Crippen LogP contribution in [0.4, 0.5) is 10.5 Å². The van der Waals surface area contributed by atoms with E-state index < -0.39 is 0 Å². The summed E-state index contributed by atoms with van der Waals surface area (Å²) in [6, 6.07) is 20.4. The van der Waals surface area contributed by atoms with E-state index in [1.54, 1.807) is 0 Å². The summed E-state index contributed by atoms with van der Waals surface area (Å²) in [5.41, 5.74) is 3.90. The van der Waals surface area contributed by atoms with Gasteiger partial charge in [0.05, 0.1) is 0 Å². The summed E-state index contributed by atoms with van der Waals surface area (Å²) in [6.07, 6.45) is 6.70. The van der Waals surface area contributed by atoms with Gasteiger partial charge in [-0.15, -0.1) is 0 Å². The zero-order chi connectivity index (χ0) is 17.5. The summed E-state index contributed by atoms with van der Waals surface area (Å²) in [5.74, 6) is 0.603. The second-order valence-electron chi connectivity index (χ2n) is 8.04. The number of urea groups is 1. The first kappa shape index (κ1) is 15.9. The van der Waals surface area contributed by atoms with Crippen molar-refractivity contribution in [1.82, 2.24) is 4.90 Å². The summed E-state index contributed by atoms with van der Waals surface area (Å²) in [5, 5.41) is 0. The third-order valence-electron chi connectivity index (χ3n) is 6.57. The summed E-state index contributed by atoms with van der Waals surface area (Å²) in [7, 11) is 0. The molecule has 3 aliphatic heterocycles. The second kappa shape index (κ2) is 6.46. The molecule has 0 saturated carbocycles. The van der Waals surface area contributed by atoms with E-state index in [1.165, 1.54) is 11.1 Å². The van der Waals surface area contributed by atoms with Crippen molar-refractivity contribution in [2.75, 3.05) is 11.4 Å². The highest BCUT2D eigenvalue weighted by Gasteiger charge is 2.45. The molecular formula is C23H26N2O. The van der Waals surface area contributed by atoms with Crippen LogP contribution in [0.5, 0.6) is 0 Å². The van der Waals surface area contributed by atoms with Gasteiger partial charge in [0.25, 0.3) is 0 Å². The molecule has 134 valence electrons. The predicted octanol–water partition coefficient (Wildman–Crippen LogP) is 4.97. The van der Waals surface area contributed by atoms with E-state index in [4.69, 9.17) is 0 Å². The molecule has 2 unspecified atom stereocenters.